The van der Waals surface area contributed by atoms with E-state index in [4.69, 9.17) is 9.29 Å². The van der Waals surface area contributed by atoms with E-state index < -0.39 is 33.2 Å². The number of ether oxygens (including phenoxy) is 2. The van der Waals surface area contributed by atoms with E-state index >= 15 is 0 Å². The van der Waals surface area contributed by atoms with Gasteiger partial charge in [0.05, 0.1) is 0 Å². The van der Waals surface area contributed by atoms with Crippen molar-refractivity contribution in [3.8, 4) is 0 Å². The SMILES string of the molecule is CC(CCC(=O)OCCOC(=O)CS(=O)(=O)O)C1CC[C@H]2[C@@H]3C(=O)CCCC(=O)CC[C@H](C)[C@H]3CC(=O)[C@]12C. The molecule has 0 aromatic heterocycles. The summed E-state index contributed by atoms with van der Waals surface area (Å²) < 4.78 is 39.6. The number of rotatable bonds is 9. The van der Waals surface area contributed by atoms with Gasteiger partial charge >= 0.3 is 11.9 Å². The fraction of sp³-hybridized carbons (Fsp3) is 0.821. The average molecular weight is 571 g/mol. The average Bonchev–Trinajstić information content (AvgIpc) is 3.20. The largest absolute Gasteiger partial charge is 0.462 e. The van der Waals surface area contributed by atoms with Gasteiger partial charge in [0.1, 0.15) is 30.6 Å². The second-order valence-corrected chi connectivity index (χ2v) is 13.4. The van der Waals surface area contributed by atoms with Crippen molar-refractivity contribution in [2.75, 3.05) is 19.0 Å². The van der Waals surface area contributed by atoms with E-state index in [0.29, 0.717) is 44.9 Å². The second kappa shape index (κ2) is 13.0. The van der Waals surface area contributed by atoms with Gasteiger partial charge in [0.15, 0.2) is 5.75 Å². The van der Waals surface area contributed by atoms with Gasteiger partial charge in [0.25, 0.3) is 10.1 Å². The lowest BCUT2D eigenvalue weighted by Gasteiger charge is -2.49. The highest BCUT2D eigenvalue weighted by molar-refractivity contribution is 7.86. The van der Waals surface area contributed by atoms with Crippen LogP contribution in [0.3, 0.4) is 0 Å². The van der Waals surface area contributed by atoms with E-state index in [1.165, 1.54) is 0 Å². The minimum Gasteiger partial charge on any atom is -0.462 e. The van der Waals surface area contributed by atoms with Crippen LogP contribution in [0.1, 0.15) is 85.0 Å². The Balaban J connectivity index is 1.58. The Morgan fingerprint density at radius 3 is 2.36 bits per heavy atom. The van der Waals surface area contributed by atoms with Crippen LogP contribution >= 0.6 is 0 Å². The molecule has 220 valence electrons. The van der Waals surface area contributed by atoms with E-state index in [0.717, 1.165) is 12.8 Å². The van der Waals surface area contributed by atoms with Gasteiger partial charge in [-0.05, 0) is 61.7 Å². The Morgan fingerprint density at radius 2 is 1.69 bits per heavy atom. The summed E-state index contributed by atoms with van der Waals surface area (Å²) in [6.07, 6.45) is 5.23. The molecule has 3 saturated carbocycles. The summed E-state index contributed by atoms with van der Waals surface area (Å²) in [7, 11) is -4.48. The lowest BCUT2D eigenvalue weighted by atomic mass is 9.52. The summed E-state index contributed by atoms with van der Waals surface area (Å²) in [5.41, 5.74) is -0.624. The molecule has 7 atom stereocenters. The third-order valence-corrected chi connectivity index (χ3v) is 10.1. The van der Waals surface area contributed by atoms with Crippen molar-refractivity contribution >= 4 is 39.4 Å². The van der Waals surface area contributed by atoms with Crippen molar-refractivity contribution in [1.29, 1.82) is 0 Å². The Hall–Kier alpha value is -2.14. The quantitative estimate of drug-likeness (QED) is 0.247. The summed E-state index contributed by atoms with van der Waals surface area (Å²) in [5.74, 6) is -2.19. The molecule has 0 saturated heterocycles. The van der Waals surface area contributed by atoms with Gasteiger partial charge in [0, 0.05) is 43.4 Å². The number of ketones is 3. The van der Waals surface area contributed by atoms with Gasteiger partial charge in [-0.3, -0.25) is 28.5 Å². The molecule has 0 aromatic carbocycles. The zero-order valence-corrected chi connectivity index (χ0v) is 24.0. The van der Waals surface area contributed by atoms with Crippen LogP contribution in [-0.4, -0.2) is 61.2 Å². The Kier molecular flexibility index (Phi) is 10.5. The maximum atomic E-state index is 13.7. The molecule has 10 nitrogen and oxygen atoms in total. The topological polar surface area (TPSA) is 158 Å². The molecule has 0 amide bonds. The van der Waals surface area contributed by atoms with Crippen LogP contribution in [0, 0.1) is 40.9 Å². The molecule has 0 bridgehead atoms. The van der Waals surface area contributed by atoms with Gasteiger partial charge in [-0.15, -0.1) is 0 Å². The number of fused-ring (bicyclic) bond motifs is 3. The van der Waals surface area contributed by atoms with Gasteiger partial charge < -0.3 is 9.47 Å². The van der Waals surface area contributed by atoms with Gasteiger partial charge in [-0.25, -0.2) is 0 Å². The number of carbonyl (C=O) groups excluding carboxylic acids is 5. The van der Waals surface area contributed by atoms with Crippen LogP contribution in [0.2, 0.25) is 0 Å². The summed E-state index contributed by atoms with van der Waals surface area (Å²) in [5, 5.41) is 0. The highest BCUT2D eigenvalue weighted by Gasteiger charge is 2.61. The Bertz CT molecular complexity index is 1070. The fourth-order valence-corrected chi connectivity index (χ4v) is 7.81. The van der Waals surface area contributed by atoms with Crippen LogP contribution < -0.4 is 0 Å². The second-order valence-electron chi connectivity index (χ2n) is 11.9. The Labute approximate surface area is 230 Å². The summed E-state index contributed by atoms with van der Waals surface area (Å²) >= 11 is 0. The summed E-state index contributed by atoms with van der Waals surface area (Å²) in [6.45, 7) is 5.57. The smallest absolute Gasteiger partial charge is 0.323 e. The fourth-order valence-electron chi connectivity index (χ4n) is 7.43. The standard InChI is InChI=1S/C28H42O10S/c1-17-7-9-19(29)5-4-6-23(30)27-20(17)15-24(31)28(3)21(10-11-22(27)28)18(2)8-12-25(32)37-13-14-38-26(33)16-39(34,35)36/h17-18,20-22,27H,4-16H2,1-3H3,(H,34,35,36)/t17-,18?,20+,21?,22-,27+,28+/m0/s1. The van der Waals surface area contributed by atoms with Crippen LogP contribution in [0.15, 0.2) is 0 Å². The third-order valence-electron chi connectivity index (χ3n) is 9.51. The predicted molar refractivity (Wildman–Crippen MR) is 140 cm³/mol. The van der Waals surface area contributed by atoms with E-state index in [1.54, 1.807) is 0 Å². The minimum absolute atomic E-state index is 0.0225. The van der Waals surface area contributed by atoms with E-state index in [2.05, 4.69) is 11.7 Å². The van der Waals surface area contributed by atoms with Crippen molar-refractivity contribution in [1.82, 2.24) is 0 Å². The van der Waals surface area contributed by atoms with Crippen LogP contribution in [-0.2, 0) is 43.6 Å². The van der Waals surface area contributed by atoms with Crippen LogP contribution in [0.4, 0.5) is 0 Å². The van der Waals surface area contributed by atoms with Crippen molar-refractivity contribution in [3.63, 3.8) is 0 Å². The molecular formula is C28H42O10S. The molecule has 0 aromatic rings. The predicted octanol–water partition coefficient (Wildman–Crippen LogP) is 3.35. The molecule has 11 heteroatoms. The van der Waals surface area contributed by atoms with Gasteiger partial charge in [0.2, 0.25) is 0 Å². The van der Waals surface area contributed by atoms with Gasteiger partial charge in [-0.2, -0.15) is 8.42 Å². The Morgan fingerprint density at radius 1 is 1.03 bits per heavy atom. The van der Waals surface area contributed by atoms with E-state index in [-0.39, 0.29) is 72.5 Å². The minimum atomic E-state index is -4.48. The van der Waals surface area contributed by atoms with Crippen molar-refractivity contribution in [2.45, 2.75) is 85.0 Å². The van der Waals surface area contributed by atoms with Gasteiger partial charge in [-0.1, -0.05) is 20.8 Å². The summed E-state index contributed by atoms with van der Waals surface area (Å²) in [6, 6.07) is 0. The van der Waals surface area contributed by atoms with Crippen LogP contribution in [0.25, 0.3) is 0 Å². The maximum absolute atomic E-state index is 13.7. The number of esters is 2. The monoisotopic (exact) mass is 570 g/mol. The molecule has 39 heavy (non-hydrogen) atoms. The molecule has 3 aliphatic carbocycles. The summed E-state index contributed by atoms with van der Waals surface area (Å²) in [4.78, 5) is 62.9. The molecule has 3 aliphatic rings. The van der Waals surface area contributed by atoms with Crippen molar-refractivity contribution in [3.05, 3.63) is 0 Å². The highest BCUT2D eigenvalue weighted by Crippen LogP contribution is 2.61. The number of hydrogen-bond acceptors (Lipinski definition) is 9. The maximum Gasteiger partial charge on any atom is 0.323 e. The molecule has 3 rings (SSSR count). The zero-order chi connectivity index (χ0) is 29.0. The molecule has 0 spiro atoms. The zero-order valence-electron chi connectivity index (χ0n) is 23.2. The first-order chi connectivity index (χ1) is 18.2. The molecule has 1 N–H and O–H groups in total. The first-order valence-corrected chi connectivity index (χ1v) is 15.7. The highest BCUT2D eigenvalue weighted by atomic mass is 32.2. The van der Waals surface area contributed by atoms with Crippen molar-refractivity contribution in [2.24, 2.45) is 40.9 Å². The molecule has 2 unspecified atom stereocenters. The lowest BCUT2D eigenvalue weighted by molar-refractivity contribution is -0.152. The van der Waals surface area contributed by atoms with E-state index in [9.17, 15) is 32.4 Å². The molecule has 0 radical (unpaired) electrons. The number of hydrogen-bond donors (Lipinski definition) is 1. The molecule has 3 fully saturated rings. The molecule has 0 heterocycles. The first kappa shape index (κ1) is 31.4. The van der Waals surface area contributed by atoms with Crippen molar-refractivity contribution < 1.29 is 46.4 Å². The lowest BCUT2D eigenvalue weighted by Crippen LogP contribution is -2.52. The van der Waals surface area contributed by atoms with Crippen LogP contribution in [0.5, 0.6) is 0 Å². The van der Waals surface area contributed by atoms with E-state index in [1.807, 2.05) is 13.8 Å². The number of carbonyl (C=O) groups is 5. The number of Topliss-reactive ketones (excluding diaryl/α,β-unsaturated/α-hetero) is 3. The molecule has 0 aliphatic heterocycles. The first-order valence-electron chi connectivity index (χ1n) is 14.1. The molecular weight excluding hydrogens is 528 g/mol. The third kappa shape index (κ3) is 7.74. The normalized spacial score (nSPS) is 32.6.